The third-order valence-electron chi connectivity index (χ3n) is 1.59. The molecule has 1 aromatic carbocycles. The average molecular weight is 196 g/mol. The number of nitrogens with one attached hydrogen (secondary N) is 1. The molecule has 78 valence electrons. The minimum Gasteiger partial charge on any atom is -0.409 e. The molecular weight excluding hydrogens is 180 g/mol. The van der Waals surface area contributed by atoms with Gasteiger partial charge >= 0.3 is 0 Å². The lowest BCUT2D eigenvalue weighted by Gasteiger charge is -2.09. The third-order valence-corrected chi connectivity index (χ3v) is 1.59. The summed E-state index contributed by atoms with van der Waals surface area (Å²) < 4.78 is 0. The van der Waals surface area contributed by atoms with E-state index in [0.29, 0.717) is 12.6 Å². The zero-order valence-electron chi connectivity index (χ0n) is 8.49. The summed E-state index contributed by atoms with van der Waals surface area (Å²) >= 11 is 0. The molecule has 0 saturated carbocycles. The summed E-state index contributed by atoms with van der Waals surface area (Å²) in [6.07, 6.45) is 0. The normalized spacial score (nSPS) is 10.6. The molecule has 3 N–H and O–H groups in total. The van der Waals surface area contributed by atoms with Crippen molar-refractivity contribution in [2.75, 3.05) is 0 Å². The Morgan fingerprint density at radius 2 is 1.93 bits per heavy atom. The molecule has 4 heteroatoms. The second-order valence-electron chi connectivity index (χ2n) is 3.33. The lowest BCUT2D eigenvalue weighted by atomic mass is 10.2. The molecule has 0 bridgehead atoms. The Morgan fingerprint density at radius 1 is 1.29 bits per heavy atom. The molecule has 0 aliphatic rings. The van der Waals surface area contributed by atoms with E-state index in [9.17, 15) is 0 Å². The minimum absolute atomic E-state index is 0.294. The van der Waals surface area contributed by atoms with E-state index in [1.807, 2.05) is 38.1 Å². The van der Waals surface area contributed by atoms with E-state index < -0.39 is 0 Å². The summed E-state index contributed by atoms with van der Waals surface area (Å²) in [5.41, 5.74) is 3.88. The van der Waals surface area contributed by atoms with Crippen molar-refractivity contribution in [1.82, 2.24) is 5.48 Å². The summed E-state index contributed by atoms with van der Waals surface area (Å²) in [4.78, 5) is 9.79. The van der Waals surface area contributed by atoms with Gasteiger partial charge in [-0.15, -0.1) is 0 Å². The smallest absolute Gasteiger partial charge is 0.147 e. The van der Waals surface area contributed by atoms with Gasteiger partial charge in [0, 0.05) is 6.04 Å². The van der Waals surface area contributed by atoms with Gasteiger partial charge in [-0.1, -0.05) is 12.1 Å². The van der Waals surface area contributed by atoms with Crippen LogP contribution in [0.5, 0.6) is 5.75 Å². The topological polar surface area (TPSA) is 56.5 Å². The molecule has 0 aliphatic carbocycles. The van der Waals surface area contributed by atoms with Gasteiger partial charge < -0.3 is 4.84 Å². The fourth-order valence-electron chi connectivity index (χ4n) is 0.936. The molecule has 0 radical (unpaired) electrons. The number of nitrogens with two attached hydrogens (primary N) is 1. The second kappa shape index (κ2) is 5.59. The zero-order valence-corrected chi connectivity index (χ0v) is 8.49. The Bertz CT molecular complexity index is 259. The van der Waals surface area contributed by atoms with Gasteiger partial charge in [-0.05, 0) is 31.5 Å². The van der Waals surface area contributed by atoms with E-state index in [1.54, 1.807) is 0 Å². The van der Waals surface area contributed by atoms with Crippen molar-refractivity contribution in [2.24, 2.45) is 5.90 Å². The van der Waals surface area contributed by atoms with Crippen LogP contribution in [0.1, 0.15) is 19.4 Å². The van der Waals surface area contributed by atoms with Gasteiger partial charge in [0.2, 0.25) is 0 Å². The molecule has 0 aliphatic heterocycles. The number of hydroxylamine groups is 1. The maximum absolute atomic E-state index is 5.28. The summed E-state index contributed by atoms with van der Waals surface area (Å²) in [6.45, 7) is 4.44. The van der Waals surface area contributed by atoms with E-state index in [2.05, 4.69) is 10.3 Å². The molecule has 0 aromatic heterocycles. The van der Waals surface area contributed by atoms with E-state index in [0.717, 1.165) is 11.3 Å². The summed E-state index contributed by atoms with van der Waals surface area (Å²) in [5.74, 6) is 5.73. The Balaban J connectivity index is 2.46. The Labute approximate surface area is 83.9 Å². The van der Waals surface area contributed by atoms with Crippen LogP contribution in [0, 0.1) is 0 Å². The van der Waals surface area contributed by atoms with Crippen LogP contribution in [-0.4, -0.2) is 6.04 Å². The maximum atomic E-state index is 5.28. The standard InChI is InChI=1S/C10H16N2O2/c1-8(2)12-14-10-5-3-9(4-6-10)7-13-11/h3-6,8,12H,7,11H2,1-2H3. The van der Waals surface area contributed by atoms with Gasteiger partial charge in [0.15, 0.2) is 0 Å². The maximum Gasteiger partial charge on any atom is 0.147 e. The van der Waals surface area contributed by atoms with Crippen molar-refractivity contribution in [2.45, 2.75) is 26.5 Å². The Morgan fingerprint density at radius 3 is 2.43 bits per heavy atom. The fraction of sp³-hybridized carbons (Fsp3) is 0.400. The van der Waals surface area contributed by atoms with Crippen molar-refractivity contribution < 1.29 is 9.68 Å². The van der Waals surface area contributed by atoms with E-state index in [1.165, 1.54) is 0 Å². The molecule has 0 heterocycles. The van der Waals surface area contributed by atoms with E-state index in [-0.39, 0.29) is 0 Å². The number of hydrogen-bond acceptors (Lipinski definition) is 4. The summed E-state index contributed by atoms with van der Waals surface area (Å²) in [6, 6.07) is 7.84. The van der Waals surface area contributed by atoms with Crippen LogP contribution in [0.4, 0.5) is 0 Å². The molecular formula is C10H16N2O2. The predicted octanol–water partition coefficient (Wildman–Crippen LogP) is 1.37. The first-order valence-corrected chi connectivity index (χ1v) is 4.55. The van der Waals surface area contributed by atoms with Crippen LogP contribution in [0.25, 0.3) is 0 Å². The van der Waals surface area contributed by atoms with Gasteiger partial charge in [-0.2, -0.15) is 5.48 Å². The van der Waals surface area contributed by atoms with Crippen LogP contribution in [-0.2, 0) is 11.4 Å². The first-order chi connectivity index (χ1) is 6.72. The molecule has 0 atom stereocenters. The molecule has 4 nitrogen and oxygen atoms in total. The van der Waals surface area contributed by atoms with Crippen molar-refractivity contribution in [3.8, 4) is 5.75 Å². The van der Waals surface area contributed by atoms with Crippen LogP contribution < -0.4 is 16.2 Å². The fourth-order valence-corrected chi connectivity index (χ4v) is 0.936. The zero-order chi connectivity index (χ0) is 10.4. The highest BCUT2D eigenvalue weighted by Gasteiger charge is 1.96. The van der Waals surface area contributed by atoms with Crippen LogP contribution in [0.3, 0.4) is 0 Å². The quantitative estimate of drug-likeness (QED) is 0.698. The molecule has 1 rings (SSSR count). The monoisotopic (exact) mass is 196 g/mol. The molecule has 1 aromatic rings. The third kappa shape index (κ3) is 3.74. The number of benzene rings is 1. The summed E-state index contributed by atoms with van der Waals surface area (Å²) in [5, 5.41) is 0. The minimum atomic E-state index is 0.294. The van der Waals surface area contributed by atoms with Gasteiger partial charge in [-0.25, -0.2) is 5.90 Å². The van der Waals surface area contributed by atoms with Crippen LogP contribution in [0.15, 0.2) is 24.3 Å². The molecule has 0 saturated heterocycles. The van der Waals surface area contributed by atoms with Crippen molar-refractivity contribution >= 4 is 0 Å². The predicted molar refractivity (Wildman–Crippen MR) is 54.3 cm³/mol. The molecule has 14 heavy (non-hydrogen) atoms. The first kappa shape index (κ1) is 11.0. The molecule has 0 spiro atoms. The highest BCUT2D eigenvalue weighted by molar-refractivity contribution is 5.26. The van der Waals surface area contributed by atoms with Crippen molar-refractivity contribution in [3.05, 3.63) is 29.8 Å². The number of hydrogen-bond donors (Lipinski definition) is 2. The van der Waals surface area contributed by atoms with E-state index in [4.69, 9.17) is 10.7 Å². The van der Waals surface area contributed by atoms with Crippen molar-refractivity contribution in [1.29, 1.82) is 0 Å². The summed E-state index contributed by atoms with van der Waals surface area (Å²) in [7, 11) is 0. The van der Waals surface area contributed by atoms with Crippen molar-refractivity contribution in [3.63, 3.8) is 0 Å². The van der Waals surface area contributed by atoms with Crippen LogP contribution >= 0.6 is 0 Å². The average Bonchev–Trinajstić information content (AvgIpc) is 2.17. The highest BCUT2D eigenvalue weighted by Crippen LogP contribution is 2.11. The van der Waals surface area contributed by atoms with Gasteiger partial charge in [-0.3, -0.25) is 4.84 Å². The SMILES string of the molecule is CC(C)NOc1ccc(CON)cc1. The number of rotatable bonds is 5. The molecule has 0 unspecified atom stereocenters. The van der Waals surface area contributed by atoms with E-state index >= 15 is 0 Å². The second-order valence-corrected chi connectivity index (χ2v) is 3.33. The largest absolute Gasteiger partial charge is 0.409 e. The lowest BCUT2D eigenvalue weighted by Crippen LogP contribution is -2.26. The Hall–Kier alpha value is -1.10. The lowest BCUT2D eigenvalue weighted by molar-refractivity contribution is 0.124. The first-order valence-electron chi connectivity index (χ1n) is 4.55. The molecule has 0 fully saturated rings. The van der Waals surface area contributed by atoms with Gasteiger partial charge in [0.25, 0.3) is 0 Å². The van der Waals surface area contributed by atoms with Crippen LogP contribution in [0.2, 0.25) is 0 Å². The Kier molecular flexibility index (Phi) is 4.39. The molecule has 0 amide bonds. The van der Waals surface area contributed by atoms with Gasteiger partial charge in [0.1, 0.15) is 5.75 Å². The van der Waals surface area contributed by atoms with Gasteiger partial charge in [0.05, 0.1) is 6.61 Å². The highest BCUT2D eigenvalue weighted by atomic mass is 16.6.